The molecule has 24 nitrogen and oxygen atoms in total. The molecule has 66 heavy (non-hydrogen) atoms. The number of carbonyl (C=O) groups excluding carboxylic acids is 8. The molecule has 25 heteroatoms. The lowest BCUT2D eigenvalue weighted by Crippen LogP contribution is -2.59. The summed E-state index contributed by atoms with van der Waals surface area (Å²) in [4.78, 5) is 119. The first-order chi connectivity index (χ1) is 31.2. The van der Waals surface area contributed by atoms with E-state index >= 15 is 0 Å². The van der Waals surface area contributed by atoms with Gasteiger partial charge in [-0.25, -0.2) is 4.79 Å². The molecular weight excluding hydrogens is 881 g/mol. The molecule has 0 bridgehead atoms. The highest BCUT2D eigenvalue weighted by Crippen LogP contribution is 2.18. The monoisotopic (exact) mass is 957 g/mol. The number of amides is 8. The Kier molecular flexibility index (Phi) is 28.1. The summed E-state index contributed by atoms with van der Waals surface area (Å²) < 4.78 is 0. The Labute approximate surface area is 392 Å². The molecule has 0 aromatic carbocycles. The zero-order chi connectivity index (χ0) is 49.9. The molecule has 0 aliphatic carbocycles. The van der Waals surface area contributed by atoms with Gasteiger partial charge in [-0.15, -0.1) is 0 Å². The Bertz CT molecular complexity index is 1640. The van der Waals surface area contributed by atoms with Crippen LogP contribution in [0, 0.1) is 17.2 Å². The van der Waals surface area contributed by atoms with Crippen molar-refractivity contribution in [1.82, 2.24) is 47.4 Å². The molecule has 1 aliphatic heterocycles. The van der Waals surface area contributed by atoms with Gasteiger partial charge in [0.25, 0.3) is 0 Å². The number of aliphatic carboxylic acids is 1. The van der Waals surface area contributed by atoms with Gasteiger partial charge in [-0.3, -0.25) is 43.8 Å². The van der Waals surface area contributed by atoms with Crippen LogP contribution < -0.4 is 65.5 Å². The second kappa shape index (κ2) is 31.6. The predicted molar refractivity (Wildman–Crippen MR) is 249 cm³/mol. The van der Waals surface area contributed by atoms with Crippen LogP contribution in [-0.4, -0.2) is 157 Å². The molecule has 1 fully saturated rings. The molecule has 7 atom stereocenters. The lowest BCUT2D eigenvalue weighted by atomic mass is 10.0. The van der Waals surface area contributed by atoms with Crippen LogP contribution >= 0.6 is 12.6 Å². The van der Waals surface area contributed by atoms with Crippen LogP contribution in [0.2, 0.25) is 0 Å². The zero-order valence-corrected chi connectivity index (χ0v) is 39.6. The highest BCUT2D eigenvalue weighted by molar-refractivity contribution is 7.80. The van der Waals surface area contributed by atoms with Crippen molar-refractivity contribution in [2.45, 2.75) is 141 Å². The van der Waals surface area contributed by atoms with Gasteiger partial charge >= 0.3 is 5.97 Å². The van der Waals surface area contributed by atoms with Gasteiger partial charge in [0.15, 0.2) is 5.96 Å². The summed E-state index contributed by atoms with van der Waals surface area (Å²) in [7, 11) is 0. The molecule has 0 aromatic heterocycles. The number of rotatable bonds is 32. The molecule has 1 rings (SSSR count). The summed E-state index contributed by atoms with van der Waals surface area (Å²) >= 11 is 3.98. The van der Waals surface area contributed by atoms with Gasteiger partial charge in [-0.2, -0.15) is 12.6 Å². The molecule has 1 heterocycles. The summed E-state index contributed by atoms with van der Waals surface area (Å²) in [6.45, 7) is 7.21. The minimum atomic E-state index is -1.33. The third-order valence-corrected chi connectivity index (χ3v) is 11.0. The molecule has 0 spiro atoms. The van der Waals surface area contributed by atoms with Gasteiger partial charge in [0, 0.05) is 18.8 Å². The van der Waals surface area contributed by atoms with E-state index in [0.29, 0.717) is 58.0 Å². The molecule has 0 saturated carbocycles. The number of nitrogens with zero attached hydrogens (tertiary/aromatic N) is 1. The fourth-order valence-corrected chi connectivity index (χ4v) is 7.19. The van der Waals surface area contributed by atoms with Crippen molar-refractivity contribution in [2.24, 2.45) is 34.8 Å². The van der Waals surface area contributed by atoms with Crippen LogP contribution in [0.15, 0.2) is 0 Å². The Hall–Kier alpha value is -5.27. The Morgan fingerprint density at radius 2 is 1.26 bits per heavy atom. The Balaban J connectivity index is 3.07. The SMILES string of the molecule is CC(C)C[C@H](NC(=O)[C@@H]1CCCN1C(=O)CNC(=O)[C@@H](N)CCCCN)C(=O)NCC(=O)N[C@H](C(=O)N[C@@H](CCCNC(=N)N)C(=O)N[C@@H](CCCCN)C(=O)N[C@@H](CS)C(=O)O)C(C)C. The van der Waals surface area contributed by atoms with E-state index in [1.807, 2.05) is 13.8 Å². The second-order valence-corrected chi connectivity index (χ2v) is 17.4. The summed E-state index contributed by atoms with van der Waals surface area (Å²) in [5.41, 5.74) is 22.4. The fraction of sp³-hybridized carbons (Fsp3) is 0.756. The van der Waals surface area contributed by atoms with Crippen LogP contribution in [-0.2, 0) is 43.2 Å². The smallest absolute Gasteiger partial charge is 0.327 e. The van der Waals surface area contributed by atoms with Crippen molar-refractivity contribution in [1.29, 1.82) is 5.41 Å². The zero-order valence-electron chi connectivity index (χ0n) is 38.7. The third kappa shape index (κ3) is 22.3. The molecule has 18 N–H and O–H groups in total. The van der Waals surface area contributed by atoms with E-state index in [9.17, 15) is 48.3 Å². The van der Waals surface area contributed by atoms with Crippen LogP contribution in [0.5, 0.6) is 0 Å². The molecule has 8 amide bonds. The Morgan fingerprint density at radius 3 is 1.80 bits per heavy atom. The van der Waals surface area contributed by atoms with Crippen molar-refractivity contribution >= 4 is 71.8 Å². The fourth-order valence-electron chi connectivity index (χ4n) is 6.94. The lowest BCUT2D eigenvalue weighted by molar-refractivity contribution is -0.141. The Morgan fingerprint density at radius 1 is 0.697 bits per heavy atom. The van der Waals surface area contributed by atoms with E-state index in [4.69, 9.17) is 28.3 Å². The number of carbonyl (C=O) groups is 9. The highest BCUT2D eigenvalue weighted by Gasteiger charge is 2.37. The summed E-state index contributed by atoms with van der Waals surface area (Å²) in [5, 5.41) is 37.4. The van der Waals surface area contributed by atoms with E-state index in [2.05, 4.69) is 55.2 Å². The van der Waals surface area contributed by atoms with Crippen molar-refractivity contribution in [3.05, 3.63) is 0 Å². The molecule has 1 saturated heterocycles. The number of carboxylic acids is 1. The van der Waals surface area contributed by atoms with Gasteiger partial charge in [0.05, 0.1) is 19.1 Å². The predicted octanol–water partition coefficient (Wildman–Crippen LogP) is -3.80. The summed E-state index contributed by atoms with van der Waals surface area (Å²) in [5.74, 6) is -7.79. The molecule has 1 aliphatic rings. The van der Waals surface area contributed by atoms with Crippen molar-refractivity contribution < 1.29 is 48.3 Å². The van der Waals surface area contributed by atoms with Gasteiger partial charge in [-0.05, 0) is 89.1 Å². The largest absolute Gasteiger partial charge is 0.480 e. The molecule has 376 valence electrons. The number of thiol groups is 1. The van der Waals surface area contributed by atoms with Crippen molar-refractivity contribution in [3.63, 3.8) is 0 Å². The number of likely N-dealkylation sites (tertiary alicyclic amines) is 1. The maximum Gasteiger partial charge on any atom is 0.327 e. The van der Waals surface area contributed by atoms with Crippen LogP contribution in [0.25, 0.3) is 0 Å². The number of hydrogen-bond acceptors (Lipinski definition) is 14. The number of unbranched alkanes of at least 4 members (excludes halogenated alkanes) is 2. The number of guanidine groups is 1. The number of nitrogens with one attached hydrogen (secondary N) is 9. The van der Waals surface area contributed by atoms with Crippen molar-refractivity contribution in [3.8, 4) is 0 Å². The summed E-state index contributed by atoms with van der Waals surface area (Å²) in [6, 6.07) is -7.83. The minimum absolute atomic E-state index is 0.00478. The maximum atomic E-state index is 13.8. The molecule has 0 aromatic rings. The van der Waals surface area contributed by atoms with E-state index in [1.54, 1.807) is 13.8 Å². The maximum absolute atomic E-state index is 13.8. The molecular formula is C41H76N14O10S. The average Bonchev–Trinajstić information content (AvgIpc) is 3.76. The minimum Gasteiger partial charge on any atom is -0.480 e. The third-order valence-electron chi connectivity index (χ3n) is 10.6. The first-order valence-electron chi connectivity index (χ1n) is 22.6. The van der Waals surface area contributed by atoms with Gasteiger partial charge in [0.2, 0.25) is 47.3 Å². The quantitative estimate of drug-likeness (QED) is 0.0133. The van der Waals surface area contributed by atoms with E-state index in [1.165, 1.54) is 4.90 Å². The second-order valence-electron chi connectivity index (χ2n) is 17.0. The first-order valence-corrected chi connectivity index (χ1v) is 23.2. The average molecular weight is 957 g/mol. The van der Waals surface area contributed by atoms with Gasteiger partial charge in [0.1, 0.15) is 36.3 Å². The van der Waals surface area contributed by atoms with Crippen molar-refractivity contribution in [2.75, 3.05) is 45.0 Å². The highest BCUT2D eigenvalue weighted by atomic mass is 32.1. The van der Waals surface area contributed by atoms with Crippen LogP contribution in [0.3, 0.4) is 0 Å². The standard InChI is InChI=1S/C41H76N14O10S/c1-23(2)19-28(52-38(62)30-14-10-18-55(30)32(57)21-49-34(58)25(44)11-5-7-15-42)35(59)48-20-31(56)54-33(24(3)4)39(63)51-27(13-9-17-47-41(45)46)36(60)50-26(12-6-8-16-43)37(61)53-29(22-66)40(64)65/h23-30,33,66H,5-22,42-44H2,1-4H3,(H,48,59)(H,49,58)(H,50,60)(H,51,63)(H,52,62)(H,53,61)(H,54,56)(H,64,65)(H4,45,46,47)/t25-,26-,27-,28-,29-,30-,33-/m0/s1. The van der Waals surface area contributed by atoms with E-state index in [0.717, 1.165) is 0 Å². The van der Waals surface area contributed by atoms with Crippen LogP contribution in [0.4, 0.5) is 0 Å². The molecule has 0 radical (unpaired) electrons. The van der Waals surface area contributed by atoms with Crippen LogP contribution in [0.1, 0.15) is 98.3 Å². The van der Waals surface area contributed by atoms with E-state index < -0.39 is 108 Å². The number of nitrogens with two attached hydrogens (primary N) is 4. The number of hydrogen-bond donors (Lipinski definition) is 15. The normalized spacial score (nSPS) is 16.2. The molecule has 0 unspecified atom stereocenters. The number of carboxylic acid groups (broad SMARTS) is 1. The van der Waals surface area contributed by atoms with Gasteiger partial charge in [-0.1, -0.05) is 34.1 Å². The summed E-state index contributed by atoms with van der Waals surface area (Å²) in [6.07, 6.45) is 4.04. The first kappa shape index (κ1) is 58.7. The van der Waals surface area contributed by atoms with E-state index in [-0.39, 0.29) is 62.9 Å². The lowest BCUT2D eigenvalue weighted by Gasteiger charge is -2.28. The topological polar surface area (TPSA) is 401 Å². The van der Waals surface area contributed by atoms with Gasteiger partial charge < -0.3 is 75.5 Å².